The van der Waals surface area contributed by atoms with Crippen molar-refractivity contribution < 1.29 is 24.2 Å². The molecule has 3 aliphatic rings. The number of thioether (sulfide) groups is 1. The Labute approximate surface area is 189 Å². The lowest BCUT2D eigenvalue weighted by atomic mass is 9.66. The SMILES string of the molecule is C=CCN(CCCC)C(=O)C1N([C@H](C)CO)C(=O)[C@@H]2[C@H](C(=O)OCC)[C@]3(C)CCC12S3. The third-order valence-electron chi connectivity index (χ3n) is 7.17. The molecule has 31 heavy (non-hydrogen) atoms. The van der Waals surface area contributed by atoms with Gasteiger partial charge in [0, 0.05) is 17.8 Å². The Bertz CT molecular complexity index is 745. The molecule has 3 rings (SSSR count). The van der Waals surface area contributed by atoms with E-state index in [2.05, 4.69) is 13.5 Å². The number of amides is 2. The van der Waals surface area contributed by atoms with E-state index in [-0.39, 0.29) is 31.0 Å². The molecule has 3 heterocycles. The second-order valence-corrected chi connectivity index (χ2v) is 11.1. The molecule has 0 aromatic rings. The molecule has 8 heteroatoms. The van der Waals surface area contributed by atoms with Gasteiger partial charge in [-0.3, -0.25) is 14.4 Å². The second-order valence-electron chi connectivity index (χ2n) is 9.18. The molecule has 3 saturated heterocycles. The average molecular weight is 453 g/mol. The first-order valence-corrected chi connectivity index (χ1v) is 12.2. The van der Waals surface area contributed by atoms with E-state index in [0.717, 1.165) is 19.3 Å². The molecular formula is C23H36N2O5S. The van der Waals surface area contributed by atoms with Crippen LogP contribution in [0.4, 0.5) is 0 Å². The van der Waals surface area contributed by atoms with Crippen molar-refractivity contribution in [3.8, 4) is 0 Å². The lowest BCUT2D eigenvalue weighted by Gasteiger charge is -2.38. The highest BCUT2D eigenvalue weighted by Gasteiger charge is 2.78. The van der Waals surface area contributed by atoms with Crippen LogP contribution < -0.4 is 0 Å². The van der Waals surface area contributed by atoms with Crippen molar-refractivity contribution in [2.75, 3.05) is 26.3 Å². The van der Waals surface area contributed by atoms with E-state index in [1.165, 1.54) is 0 Å². The lowest BCUT2D eigenvalue weighted by Crippen LogP contribution is -2.57. The number of fused-ring (bicyclic) bond motifs is 1. The van der Waals surface area contributed by atoms with E-state index >= 15 is 0 Å². The maximum Gasteiger partial charge on any atom is 0.311 e. The van der Waals surface area contributed by atoms with Gasteiger partial charge in [-0.05, 0) is 40.0 Å². The highest BCUT2D eigenvalue weighted by atomic mass is 32.2. The van der Waals surface area contributed by atoms with Crippen molar-refractivity contribution in [1.29, 1.82) is 0 Å². The van der Waals surface area contributed by atoms with Crippen LogP contribution in [0.5, 0.6) is 0 Å². The molecule has 0 aromatic heterocycles. The summed E-state index contributed by atoms with van der Waals surface area (Å²) < 4.78 is 4.28. The zero-order valence-electron chi connectivity index (χ0n) is 19.1. The predicted molar refractivity (Wildman–Crippen MR) is 120 cm³/mol. The van der Waals surface area contributed by atoms with E-state index in [9.17, 15) is 19.5 Å². The van der Waals surface area contributed by atoms with Crippen molar-refractivity contribution in [2.45, 2.75) is 75.0 Å². The van der Waals surface area contributed by atoms with Gasteiger partial charge < -0.3 is 19.6 Å². The third-order valence-corrected chi connectivity index (χ3v) is 9.16. The predicted octanol–water partition coefficient (Wildman–Crippen LogP) is 2.23. The summed E-state index contributed by atoms with van der Waals surface area (Å²) in [5, 5.41) is 9.90. The summed E-state index contributed by atoms with van der Waals surface area (Å²) in [6.45, 7) is 12.5. The second kappa shape index (κ2) is 9.14. The molecule has 6 atom stereocenters. The summed E-state index contributed by atoms with van der Waals surface area (Å²) in [4.78, 5) is 44.0. The molecule has 2 bridgehead atoms. The van der Waals surface area contributed by atoms with E-state index in [1.54, 1.807) is 41.5 Å². The van der Waals surface area contributed by atoms with E-state index < -0.39 is 33.4 Å². The maximum absolute atomic E-state index is 13.9. The zero-order valence-corrected chi connectivity index (χ0v) is 20.0. The summed E-state index contributed by atoms with van der Waals surface area (Å²) in [5.74, 6) is -1.84. The van der Waals surface area contributed by atoms with Gasteiger partial charge in [-0.1, -0.05) is 19.4 Å². The third kappa shape index (κ3) is 3.69. The van der Waals surface area contributed by atoms with Crippen LogP contribution in [-0.2, 0) is 19.1 Å². The molecule has 2 amide bonds. The standard InChI is InChI=1S/C23H36N2O5S/c1-6-9-13-24(12-7-2)20(28)18-23-11-10-22(5,31-23)17(21(29)30-8-3)16(23)19(27)25(18)15(4)14-26/h7,15-18,26H,2,6,8-14H2,1,3-5H3/t15-,16+,17-,18?,22+,23?/m1/s1. The maximum atomic E-state index is 13.9. The van der Waals surface area contributed by atoms with E-state index in [1.807, 2.05) is 6.92 Å². The average Bonchev–Trinajstić information content (AvgIpc) is 3.31. The van der Waals surface area contributed by atoms with Crippen LogP contribution in [0, 0.1) is 11.8 Å². The molecular weight excluding hydrogens is 416 g/mol. The number of unbranched alkanes of at least 4 members (excludes halogenated alkanes) is 1. The number of carbonyl (C=O) groups excluding carboxylic acids is 3. The van der Waals surface area contributed by atoms with Gasteiger partial charge >= 0.3 is 5.97 Å². The monoisotopic (exact) mass is 452 g/mol. The number of likely N-dealkylation sites (tertiary alicyclic amines) is 1. The first kappa shape index (κ1) is 24.1. The highest BCUT2D eigenvalue weighted by molar-refractivity contribution is 8.02. The molecule has 0 aliphatic carbocycles. The van der Waals surface area contributed by atoms with Crippen LogP contribution >= 0.6 is 11.8 Å². The van der Waals surface area contributed by atoms with Crippen LogP contribution in [0.15, 0.2) is 12.7 Å². The lowest BCUT2D eigenvalue weighted by molar-refractivity contribution is -0.155. The Hall–Kier alpha value is -1.54. The smallest absolute Gasteiger partial charge is 0.311 e. The minimum absolute atomic E-state index is 0.106. The van der Waals surface area contributed by atoms with Crippen LogP contribution in [0.25, 0.3) is 0 Å². The van der Waals surface area contributed by atoms with Gasteiger partial charge in [0.05, 0.1) is 35.8 Å². The number of rotatable bonds is 10. The number of hydrogen-bond donors (Lipinski definition) is 1. The van der Waals surface area contributed by atoms with Gasteiger partial charge in [0.1, 0.15) is 6.04 Å². The first-order chi connectivity index (χ1) is 14.7. The molecule has 1 spiro atoms. The number of aliphatic hydroxyl groups is 1. The fourth-order valence-corrected chi connectivity index (χ4v) is 8.09. The van der Waals surface area contributed by atoms with Crippen molar-refractivity contribution in [3.63, 3.8) is 0 Å². The normalized spacial score (nSPS) is 34.5. The Balaban J connectivity index is 2.07. The minimum atomic E-state index is -0.699. The summed E-state index contributed by atoms with van der Waals surface area (Å²) in [6, 6.07) is -1.20. The number of hydrogen-bond acceptors (Lipinski definition) is 6. The Morgan fingerprint density at radius 2 is 2.13 bits per heavy atom. The fourth-order valence-electron chi connectivity index (χ4n) is 5.76. The van der Waals surface area contributed by atoms with Crippen LogP contribution in [0.1, 0.15) is 53.4 Å². The minimum Gasteiger partial charge on any atom is -0.466 e. The quantitative estimate of drug-likeness (QED) is 0.404. The van der Waals surface area contributed by atoms with Gasteiger partial charge in [-0.25, -0.2) is 0 Å². The topological polar surface area (TPSA) is 87.2 Å². The molecule has 7 nitrogen and oxygen atoms in total. The van der Waals surface area contributed by atoms with Gasteiger partial charge in [0.15, 0.2) is 0 Å². The van der Waals surface area contributed by atoms with E-state index in [0.29, 0.717) is 19.5 Å². The van der Waals surface area contributed by atoms with Gasteiger partial charge in [-0.15, -0.1) is 18.3 Å². The molecule has 3 aliphatic heterocycles. The van der Waals surface area contributed by atoms with Crippen LogP contribution in [-0.4, -0.2) is 80.6 Å². The zero-order chi connectivity index (χ0) is 23.0. The van der Waals surface area contributed by atoms with Gasteiger partial charge in [-0.2, -0.15) is 0 Å². The van der Waals surface area contributed by atoms with Crippen LogP contribution in [0.2, 0.25) is 0 Å². The Morgan fingerprint density at radius 1 is 1.42 bits per heavy atom. The first-order valence-electron chi connectivity index (χ1n) is 11.4. The van der Waals surface area contributed by atoms with Crippen LogP contribution in [0.3, 0.4) is 0 Å². The molecule has 0 radical (unpaired) electrons. The number of ether oxygens (including phenoxy) is 1. The largest absolute Gasteiger partial charge is 0.466 e. The summed E-state index contributed by atoms with van der Waals surface area (Å²) >= 11 is 1.63. The Morgan fingerprint density at radius 3 is 2.71 bits per heavy atom. The molecule has 3 fully saturated rings. The number of aliphatic hydroxyl groups excluding tert-OH is 1. The van der Waals surface area contributed by atoms with Crippen molar-refractivity contribution in [2.24, 2.45) is 11.8 Å². The number of esters is 1. The van der Waals surface area contributed by atoms with E-state index in [4.69, 9.17) is 4.74 Å². The fraction of sp³-hybridized carbons (Fsp3) is 0.783. The summed E-state index contributed by atoms with van der Waals surface area (Å²) in [7, 11) is 0. The molecule has 2 unspecified atom stereocenters. The number of carbonyl (C=O) groups is 3. The molecule has 1 N–H and O–H groups in total. The molecule has 174 valence electrons. The van der Waals surface area contributed by atoms with Gasteiger partial charge in [0.25, 0.3) is 0 Å². The van der Waals surface area contributed by atoms with Gasteiger partial charge in [0.2, 0.25) is 11.8 Å². The Kier molecular flexibility index (Phi) is 7.11. The van der Waals surface area contributed by atoms with Crippen molar-refractivity contribution >= 4 is 29.5 Å². The van der Waals surface area contributed by atoms with Crippen molar-refractivity contribution in [1.82, 2.24) is 9.80 Å². The summed E-state index contributed by atoms with van der Waals surface area (Å²) in [6.07, 6.45) is 4.98. The molecule has 0 saturated carbocycles. The highest BCUT2D eigenvalue weighted by Crippen LogP contribution is 2.71. The number of nitrogens with zero attached hydrogens (tertiary/aromatic N) is 2. The molecule has 0 aromatic carbocycles. The van der Waals surface area contributed by atoms with Crippen molar-refractivity contribution in [3.05, 3.63) is 12.7 Å². The summed E-state index contributed by atoms with van der Waals surface area (Å²) in [5.41, 5.74) is 0.